The van der Waals surface area contributed by atoms with Gasteiger partial charge in [-0.2, -0.15) is 13.2 Å². The Kier molecular flexibility index (Phi) is 18.4. The minimum absolute atomic E-state index is 0.00410. The molecule has 2 heterocycles. The minimum Gasteiger partial charge on any atom is -0.391 e. The van der Waals surface area contributed by atoms with Crippen LogP contribution in [0, 0.1) is 12.3 Å². The van der Waals surface area contributed by atoms with Crippen LogP contribution in [0.4, 0.5) is 18.0 Å². The van der Waals surface area contributed by atoms with Gasteiger partial charge in [0.25, 0.3) is 0 Å². The summed E-state index contributed by atoms with van der Waals surface area (Å²) in [6.07, 6.45) is -4.55. The van der Waals surface area contributed by atoms with Gasteiger partial charge in [0.2, 0.25) is 24.0 Å². The lowest BCUT2D eigenvalue weighted by molar-refractivity contribution is -0.156. The van der Waals surface area contributed by atoms with E-state index < -0.39 is 48.0 Å². The molecule has 0 radical (unpaired) electrons. The molecule has 3 aromatic rings. The SMILES string of the molecule is Cc1ncsc1-c1ccc(CNC(=O)[C@@H]2C[C@@H](O)CN2C(=O)[C@@H](NC(=O)NCCCc2ccc(CO[C@H](C)[C@@H](N)CCC(N)=O)cc2)C(C)(C)C)cc1.O=CC(F)(F)F. The molecule has 0 unspecified atom stereocenters. The Labute approximate surface area is 346 Å². The number of alkyl halides is 3. The molecule has 0 bridgehead atoms. The Bertz CT molecular complexity index is 1840. The van der Waals surface area contributed by atoms with Gasteiger partial charge in [-0.05, 0) is 60.8 Å². The van der Waals surface area contributed by atoms with Gasteiger partial charge >= 0.3 is 12.2 Å². The third kappa shape index (κ3) is 16.3. The normalized spacial score (nSPS) is 16.9. The number of rotatable bonds is 17. The van der Waals surface area contributed by atoms with Crippen LogP contribution in [-0.2, 0) is 43.5 Å². The first-order chi connectivity index (χ1) is 27.7. The van der Waals surface area contributed by atoms with Gasteiger partial charge in [0.1, 0.15) is 12.1 Å². The molecule has 5 amide bonds. The van der Waals surface area contributed by atoms with Crippen molar-refractivity contribution in [3.63, 3.8) is 0 Å². The minimum atomic E-state index is -4.64. The predicted octanol–water partition coefficient (Wildman–Crippen LogP) is 4.29. The fourth-order valence-corrected chi connectivity index (χ4v) is 6.97. The number of aliphatic hydroxyl groups is 1. The number of hydrogen-bond donors (Lipinski definition) is 6. The van der Waals surface area contributed by atoms with Gasteiger partial charge in [-0.3, -0.25) is 19.2 Å². The molecule has 59 heavy (non-hydrogen) atoms. The Morgan fingerprint density at radius 3 is 2.20 bits per heavy atom. The van der Waals surface area contributed by atoms with Gasteiger partial charge < -0.3 is 42.2 Å². The number of likely N-dealkylation sites (tertiary alicyclic amines) is 1. The van der Waals surface area contributed by atoms with Crippen LogP contribution in [0.25, 0.3) is 10.4 Å². The molecule has 1 aliphatic heterocycles. The third-order valence-corrected chi connectivity index (χ3v) is 10.6. The van der Waals surface area contributed by atoms with Crippen molar-refractivity contribution < 1.29 is 47.0 Å². The number of nitrogens with zero attached hydrogens (tertiary/aromatic N) is 2. The van der Waals surface area contributed by atoms with E-state index in [2.05, 4.69) is 20.9 Å². The van der Waals surface area contributed by atoms with Crippen LogP contribution in [0.2, 0.25) is 0 Å². The number of hydrogen-bond acceptors (Lipinski definition) is 10. The van der Waals surface area contributed by atoms with E-state index in [1.54, 1.807) is 11.3 Å². The Morgan fingerprint density at radius 1 is 1.03 bits per heavy atom. The number of nitrogens with two attached hydrogens (primary N) is 2. The van der Waals surface area contributed by atoms with Gasteiger partial charge in [-0.25, -0.2) is 9.78 Å². The summed E-state index contributed by atoms with van der Waals surface area (Å²) in [6.45, 7) is 10.5. The van der Waals surface area contributed by atoms with Gasteiger partial charge in [0, 0.05) is 38.5 Å². The zero-order valence-electron chi connectivity index (χ0n) is 34.0. The Hall–Kier alpha value is -4.91. The first-order valence-electron chi connectivity index (χ1n) is 19.2. The molecule has 4 rings (SSSR count). The summed E-state index contributed by atoms with van der Waals surface area (Å²) < 4.78 is 37.1. The van der Waals surface area contributed by atoms with E-state index in [0.29, 0.717) is 26.0 Å². The van der Waals surface area contributed by atoms with Crippen molar-refractivity contribution in [2.75, 3.05) is 13.1 Å². The molecule has 5 atom stereocenters. The number of nitrogens with one attached hydrogen (secondary N) is 3. The molecule has 14 nitrogen and oxygen atoms in total. The smallest absolute Gasteiger partial charge is 0.391 e. The number of aliphatic hydroxyl groups excluding tert-OH is 1. The first-order valence-corrected chi connectivity index (χ1v) is 20.1. The van der Waals surface area contributed by atoms with E-state index in [1.165, 1.54) is 4.90 Å². The summed E-state index contributed by atoms with van der Waals surface area (Å²) in [5.74, 6) is -1.15. The summed E-state index contributed by atoms with van der Waals surface area (Å²) >= 11 is 1.58. The number of carbonyl (C=O) groups is 5. The second-order valence-corrected chi connectivity index (χ2v) is 16.4. The number of amides is 5. The van der Waals surface area contributed by atoms with Crippen molar-refractivity contribution in [3.05, 3.63) is 76.4 Å². The van der Waals surface area contributed by atoms with Crippen LogP contribution in [0.3, 0.4) is 0 Å². The van der Waals surface area contributed by atoms with Crippen LogP contribution < -0.4 is 27.4 Å². The number of aryl methyl sites for hydroxylation is 2. The number of halogens is 3. The highest BCUT2D eigenvalue weighted by molar-refractivity contribution is 7.13. The van der Waals surface area contributed by atoms with E-state index >= 15 is 0 Å². The second kappa shape index (κ2) is 22.5. The zero-order valence-corrected chi connectivity index (χ0v) is 34.8. The average Bonchev–Trinajstić information content (AvgIpc) is 3.80. The molecule has 1 fully saturated rings. The van der Waals surface area contributed by atoms with Crippen LogP contribution in [0.5, 0.6) is 0 Å². The van der Waals surface area contributed by atoms with Crippen molar-refractivity contribution in [1.29, 1.82) is 0 Å². The fraction of sp³-hybridized carbons (Fsp3) is 0.512. The quantitative estimate of drug-likeness (QED) is 0.0843. The molecule has 1 aliphatic rings. The van der Waals surface area contributed by atoms with Crippen LogP contribution in [-0.4, -0.2) is 94.6 Å². The lowest BCUT2D eigenvalue weighted by Crippen LogP contribution is -2.59. The van der Waals surface area contributed by atoms with Crippen molar-refractivity contribution >= 4 is 41.4 Å². The Morgan fingerprint density at radius 2 is 1.64 bits per heavy atom. The maximum Gasteiger partial charge on any atom is 0.446 e. The van der Waals surface area contributed by atoms with Gasteiger partial charge in [0.05, 0.1) is 34.9 Å². The molecule has 2 aromatic carbocycles. The maximum absolute atomic E-state index is 13.9. The molecule has 1 aromatic heterocycles. The largest absolute Gasteiger partial charge is 0.446 e. The highest BCUT2D eigenvalue weighted by atomic mass is 32.1. The summed E-state index contributed by atoms with van der Waals surface area (Å²) in [5.41, 5.74) is 17.5. The number of aromatic nitrogens is 1. The van der Waals surface area contributed by atoms with Crippen LogP contribution in [0.15, 0.2) is 54.0 Å². The van der Waals surface area contributed by atoms with E-state index in [-0.39, 0.29) is 49.9 Å². The van der Waals surface area contributed by atoms with Gasteiger partial charge in [0.15, 0.2) is 0 Å². The van der Waals surface area contributed by atoms with Gasteiger partial charge in [-0.15, -0.1) is 11.3 Å². The van der Waals surface area contributed by atoms with Crippen molar-refractivity contribution in [2.24, 2.45) is 16.9 Å². The second-order valence-electron chi connectivity index (χ2n) is 15.5. The van der Waals surface area contributed by atoms with Crippen molar-refractivity contribution in [3.8, 4) is 10.4 Å². The molecule has 0 saturated carbocycles. The highest BCUT2D eigenvalue weighted by Gasteiger charge is 2.44. The predicted molar refractivity (Wildman–Crippen MR) is 218 cm³/mol. The number of urea groups is 1. The van der Waals surface area contributed by atoms with E-state index in [1.807, 2.05) is 88.7 Å². The van der Waals surface area contributed by atoms with Crippen LogP contribution >= 0.6 is 11.3 Å². The number of carbonyl (C=O) groups excluding carboxylic acids is 5. The summed E-state index contributed by atoms with van der Waals surface area (Å²) in [5, 5.41) is 19.1. The first kappa shape index (κ1) is 48.5. The van der Waals surface area contributed by atoms with Crippen LogP contribution in [0.1, 0.15) is 75.8 Å². The number of thiazole rings is 1. The molecule has 18 heteroatoms. The third-order valence-electron chi connectivity index (χ3n) is 9.61. The molecular weight excluding hydrogens is 792 g/mol. The number of β-amino-alcohol motifs (C(OH)–C–C–N with tert-alkyl or cyclic N) is 1. The Balaban J connectivity index is 0.00000144. The van der Waals surface area contributed by atoms with Gasteiger partial charge in [-0.1, -0.05) is 69.3 Å². The number of primary amides is 1. The van der Waals surface area contributed by atoms with E-state index in [4.69, 9.17) is 21.0 Å². The standard InChI is InChI=1S/C39H55N7O6S.C2HF3O/c1-24-34(53-23-44-24)29-14-12-27(13-15-29)20-43-36(49)32-19-30(47)21-46(32)37(50)35(39(3,4)5)45-38(51)42-18-6-7-26-8-10-28(11-9-26)22-52-25(2)31(40)16-17-33(41)48;3-2(4,5)1-6/h8-15,23,25,30-32,35,47H,6-7,16-22,40H2,1-5H3,(H2,41,48)(H,43,49)(H2,42,45,51);1H/t25-,30-,31+,32+,35-;/m1./s1. The number of benzene rings is 2. The fourth-order valence-electron chi connectivity index (χ4n) is 6.15. The highest BCUT2D eigenvalue weighted by Crippen LogP contribution is 2.28. The average molecular weight is 848 g/mol. The summed E-state index contributed by atoms with van der Waals surface area (Å²) in [6, 6.07) is 13.3. The molecule has 8 N–H and O–H groups in total. The molecule has 1 saturated heterocycles. The van der Waals surface area contributed by atoms with Crippen molar-refractivity contribution in [1.82, 2.24) is 25.8 Å². The van der Waals surface area contributed by atoms with E-state index in [9.17, 15) is 37.5 Å². The van der Waals surface area contributed by atoms with Crippen molar-refractivity contribution in [2.45, 2.75) is 116 Å². The molecule has 324 valence electrons. The van der Waals surface area contributed by atoms with E-state index in [0.717, 1.165) is 39.2 Å². The summed E-state index contributed by atoms with van der Waals surface area (Å²) in [4.78, 5) is 66.8. The summed E-state index contributed by atoms with van der Waals surface area (Å²) in [7, 11) is 0. The number of aldehydes is 1. The maximum atomic E-state index is 13.9. The monoisotopic (exact) mass is 847 g/mol. The molecule has 0 aliphatic carbocycles. The topological polar surface area (TPSA) is 219 Å². The molecule has 0 spiro atoms. The lowest BCUT2D eigenvalue weighted by atomic mass is 9.85. The zero-order chi connectivity index (χ0) is 43.9. The lowest BCUT2D eigenvalue weighted by Gasteiger charge is -2.35. The number of ether oxygens (including phenoxy) is 1. The molecular formula is C41H56F3N7O7S.